The minimum absolute atomic E-state index is 0.225. The molecule has 30 heavy (non-hydrogen) atoms. The van der Waals surface area contributed by atoms with Crippen LogP contribution in [0.1, 0.15) is 28.7 Å². The maximum absolute atomic E-state index is 6.13. The van der Waals surface area contributed by atoms with Gasteiger partial charge in [0.25, 0.3) is 0 Å². The molecule has 1 aliphatic heterocycles. The van der Waals surface area contributed by atoms with E-state index >= 15 is 0 Å². The Balaban J connectivity index is 1.41. The van der Waals surface area contributed by atoms with Crippen molar-refractivity contribution in [3.63, 3.8) is 0 Å². The highest BCUT2D eigenvalue weighted by Crippen LogP contribution is 2.30. The van der Waals surface area contributed by atoms with Crippen LogP contribution in [0.25, 0.3) is 0 Å². The van der Waals surface area contributed by atoms with Gasteiger partial charge in [0, 0.05) is 31.2 Å². The molecule has 0 radical (unpaired) electrons. The van der Waals surface area contributed by atoms with Crippen LogP contribution >= 0.6 is 11.6 Å². The largest absolute Gasteiger partial charge is 0.463 e. The van der Waals surface area contributed by atoms with Gasteiger partial charge < -0.3 is 4.42 Å². The van der Waals surface area contributed by atoms with Crippen LogP contribution in [0, 0.1) is 0 Å². The van der Waals surface area contributed by atoms with Crippen molar-refractivity contribution in [3.8, 4) is 0 Å². The summed E-state index contributed by atoms with van der Waals surface area (Å²) in [5, 5.41) is 0.765. The van der Waals surface area contributed by atoms with Gasteiger partial charge in [-0.05, 0) is 35.4 Å². The van der Waals surface area contributed by atoms with Crippen molar-refractivity contribution in [1.29, 1.82) is 0 Å². The third kappa shape index (κ3) is 5.29. The standard InChI is InChI=1S/C23H27ClN4O2/c24-20-8-6-19(7-9-20)23(18-4-2-1-3-5-18)28-14-12-27(13-15-28)17-22-11-10-21(29-22)16-26-30-25/h1-11,23,26H,12-17,25H2/t23-/m1/s1. The summed E-state index contributed by atoms with van der Waals surface area (Å²) in [6.45, 7) is 5.18. The lowest BCUT2D eigenvalue weighted by molar-refractivity contribution is 0.0321. The Morgan fingerprint density at radius 3 is 2.27 bits per heavy atom. The molecule has 4 rings (SSSR count). The van der Waals surface area contributed by atoms with Crippen LogP contribution in [0.2, 0.25) is 5.02 Å². The van der Waals surface area contributed by atoms with Gasteiger partial charge in [0.15, 0.2) is 0 Å². The molecule has 2 aromatic carbocycles. The summed E-state index contributed by atoms with van der Waals surface area (Å²) in [6, 6.07) is 23.1. The van der Waals surface area contributed by atoms with E-state index in [4.69, 9.17) is 21.9 Å². The second-order valence-electron chi connectivity index (χ2n) is 7.48. The third-order valence-electron chi connectivity index (χ3n) is 5.50. The number of nitrogens with zero attached hydrogens (tertiary/aromatic N) is 2. The third-order valence-corrected chi connectivity index (χ3v) is 5.75. The maximum atomic E-state index is 6.13. The Labute approximate surface area is 182 Å². The van der Waals surface area contributed by atoms with Gasteiger partial charge in [-0.2, -0.15) is 11.4 Å². The first kappa shape index (κ1) is 21.1. The number of halogens is 1. The summed E-state index contributed by atoms with van der Waals surface area (Å²) in [4.78, 5) is 9.36. The molecule has 0 aliphatic carbocycles. The van der Waals surface area contributed by atoms with Crippen molar-refractivity contribution in [2.24, 2.45) is 5.90 Å². The SMILES string of the molecule is NONCc1ccc(CN2CCN([C@H](c3ccccc3)c3ccc(Cl)cc3)CC2)o1. The number of furan rings is 1. The predicted molar refractivity (Wildman–Crippen MR) is 117 cm³/mol. The molecule has 3 aromatic rings. The van der Waals surface area contributed by atoms with Gasteiger partial charge in [-0.15, -0.1) is 0 Å². The van der Waals surface area contributed by atoms with E-state index in [2.05, 4.69) is 62.7 Å². The molecule has 0 bridgehead atoms. The number of hydrogen-bond donors (Lipinski definition) is 2. The fourth-order valence-corrected chi connectivity index (χ4v) is 4.14. The Hall–Kier alpha value is -2.19. The second kappa shape index (κ2) is 10.2. The van der Waals surface area contributed by atoms with Crippen LogP contribution in [0.4, 0.5) is 0 Å². The number of piperazine rings is 1. The molecule has 0 amide bonds. The normalized spacial score (nSPS) is 16.6. The summed E-state index contributed by atoms with van der Waals surface area (Å²) in [5.41, 5.74) is 5.16. The zero-order chi connectivity index (χ0) is 20.8. The van der Waals surface area contributed by atoms with Gasteiger partial charge in [-0.25, -0.2) is 4.94 Å². The monoisotopic (exact) mass is 426 g/mol. The van der Waals surface area contributed by atoms with E-state index in [0.29, 0.717) is 6.54 Å². The van der Waals surface area contributed by atoms with Crippen molar-refractivity contribution < 1.29 is 9.36 Å². The van der Waals surface area contributed by atoms with Crippen LogP contribution in [-0.4, -0.2) is 36.0 Å². The van der Waals surface area contributed by atoms with Crippen molar-refractivity contribution in [2.45, 2.75) is 19.1 Å². The van der Waals surface area contributed by atoms with Gasteiger partial charge in [0.05, 0.1) is 19.1 Å². The molecule has 1 atom stereocenters. The lowest BCUT2D eigenvalue weighted by Crippen LogP contribution is -2.47. The molecule has 1 aromatic heterocycles. The van der Waals surface area contributed by atoms with E-state index in [1.165, 1.54) is 11.1 Å². The Kier molecular flexibility index (Phi) is 7.17. The molecule has 6 nitrogen and oxygen atoms in total. The van der Waals surface area contributed by atoms with Crippen molar-refractivity contribution in [3.05, 3.63) is 94.4 Å². The van der Waals surface area contributed by atoms with Crippen molar-refractivity contribution in [1.82, 2.24) is 15.3 Å². The van der Waals surface area contributed by atoms with Crippen LogP contribution in [0.3, 0.4) is 0 Å². The minimum Gasteiger partial charge on any atom is -0.463 e. The number of benzene rings is 2. The fraction of sp³-hybridized carbons (Fsp3) is 0.304. The number of hydroxylamine groups is 1. The quantitative estimate of drug-likeness (QED) is 0.535. The van der Waals surface area contributed by atoms with Crippen LogP contribution < -0.4 is 11.4 Å². The molecule has 0 saturated carbocycles. The Morgan fingerprint density at radius 1 is 0.900 bits per heavy atom. The summed E-state index contributed by atoms with van der Waals surface area (Å²) in [5.74, 6) is 6.75. The van der Waals surface area contributed by atoms with Gasteiger partial charge in [-0.3, -0.25) is 9.80 Å². The fourth-order valence-electron chi connectivity index (χ4n) is 4.01. The first-order valence-electron chi connectivity index (χ1n) is 10.2. The lowest BCUT2D eigenvalue weighted by atomic mass is 9.96. The van der Waals surface area contributed by atoms with Crippen LogP contribution in [0.15, 0.2) is 71.1 Å². The molecule has 7 heteroatoms. The highest BCUT2D eigenvalue weighted by molar-refractivity contribution is 6.30. The molecule has 3 N–H and O–H groups in total. The number of nitrogens with two attached hydrogens (primary N) is 1. The van der Waals surface area contributed by atoms with Gasteiger partial charge in [-0.1, -0.05) is 54.1 Å². The molecular formula is C23H27ClN4O2. The maximum Gasteiger partial charge on any atom is 0.120 e. The molecule has 0 spiro atoms. The zero-order valence-corrected chi connectivity index (χ0v) is 17.6. The molecular weight excluding hydrogens is 400 g/mol. The van der Waals surface area contributed by atoms with E-state index in [9.17, 15) is 0 Å². The Bertz CT molecular complexity index is 908. The average Bonchev–Trinajstić information content (AvgIpc) is 3.23. The van der Waals surface area contributed by atoms with Crippen LogP contribution in [0.5, 0.6) is 0 Å². The topological polar surface area (TPSA) is 66.9 Å². The Morgan fingerprint density at radius 2 is 1.57 bits per heavy atom. The first-order chi connectivity index (χ1) is 14.7. The van der Waals surface area contributed by atoms with E-state index in [-0.39, 0.29) is 6.04 Å². The summed E-state index contributed by atoms with van der Waals surface area (Å²) >= 11 is 6.13. The molecule has 0 unspecified atom stereocenters. The number of rotatable bonds is 8. The zero-order valence-electron chi connectivity index (χ0n) is 16.8. The molecule has 1 aliphatic rings. The van der Waals surface area contributed by atoms with E-state index in [1.807, 2.05) is 24.3 Å². The molecule has 158 valence electrons. The van der Waals surface area contributed by atoms with E-state index in [1.54, 1.807) is 0 Å². The van der Waals surface area contributed by atoms with Gasteiger partial charge in [0.2, 0.25) is 0 Å². The predicted octanol–water partition coefficient (Wildman–Crippen LogP) is 3.74. The first-order valence-corrected chi connectivity index (χ1v) is 10.5. The summed E-state index contributed by atoms with van der Waals surface area (Å²) in [7, 11) is 0. The molecule has 1 saturated heterocycles. The van der Waals surface area contributed by atoms with E-state index < -0.39 is 0 Å². The summed E-state index contributed by atoms with van der Waals surface area (Å²) in [6.07, 6.45) is 0. The highest BCUT2D eigenvalue weighted by atomic mass is 35.5. The van der Waals surface area contributed by atoms with Gasteiger partial charge >= 0.3 is 0 Å². The average molecular weight is 427 g/mol. The number of nitrogens with one attached hydrogen (secondary N) is 1. The van der Waals surface area contributed by atoms with Crippen molar-refractivity contribution in [2.75, 3.05) is 26.2 Å². The lowest BCUT2D eigenvalue weighted by Gasteiger charge is -2.39. The van der Waals surface area contributed by atoms with Crippen LogP contribution in [-0.2, 0) is 18.0 Å². The number of hydrogen-bond acceptors (Lipinski definition) is 6. The smallest absolute Gasteiger partial charge is 0.120 e. The highest BCUT2D eigenvalue weighted by Gasteiger charge is 2.26. The van der Waals surface area contributed by atoms with E-state index in [0.717, 1.165) is 49.3 Å². The molecule has 2 heterocycles. The minimum atomic E-state index is 0.225. The van der Waals surface area contributed by atoms with Gasteiger partial charge in [0.1, 0.15) is 11.5 Å². The summed E-state index contributed by atoms with van der Waals surface area (Å²) < 4.78 is 5.85. The second-order valence-corrected chi connectivity index (χ2v) is 7.92. The molecule has 1 fully saturated rings. The van der Waals surface area contributed by atoms with Crippen molar-refractivity contribution >= 4 is 11.6 Å².